The molecule has 0 unspecified atom stereocenters. The van der Waals surface area contributed by atoms with Gasteiger partial charge in [0.1, 0.15) is 11.6 Å². The van der Waals surface area contributed by atoms with Gasteiger partial charge in [0.25, 0.3) is 0 Å². The van der Waals surface area contributed by atoms with E-state index in [1.165, 1.54) is 17.4 Å². The smallest absolute Gasteiger partial charge is 0.225 e. The van der Waals surface area contributed by atoms with Gasteiger partial charge in [-0.05, 0) is 43.2 Å². The highest BCUT2D eigenvalue weighted by atomic mass is 32.1. The zero-order chi connectivity index (χ0) is 22.8. The molecule has 4 aromatic rings. The number of halogens is 1. The van der Waals surface area contributed by atoms with Gasteiger partial charge in [0, 0.05) is 30.8 Å². The summed E-state index contributed by atoms with van der Waals surface area (Å²) >= 11 is 1.51. The Kier molecular flexibility index (Phi) is 5.95. The first-order valence-electron chi connectivity index (χ1n) is 10.9. The topological polar surface area (TPSA) is 71.8 Å². The molecule has 0 radical (unpaired) electrons. The van der Waals surface area contributed by atoms with E-state index < -0.39 is 0 Å². The van der Waals surface area contributed by atoms with E-state index in [1.807, 2.05) is 30.5 Å². The fourth-order valence-corrected chi connectivity index (χ4v) is 4.97. The quantitative estimate of drug-likeness (QED) is 0.464. The van der Waals surface area contributed by atoms with E-state index >= 15 is 0 Å². The Balaban J connectivity index is 1.25. The van der Waals surface area contributed by atoms with Crippen molar-refractivity contribution >= 4 is 27.3 Å². The van der Waals surface area contributed by atoms with Crippen LogP contribution in [0.25, 0.3) is 16.2 Å². The lowest BCUT2D eigenvalue weighted by molar-refractivity contribution is -0.125. The lowest BCUT2D eigenvalue weighted by Gasteiger charge is -2.31. The zero-order valence-electron chi connectivity index (χ0n) is 18.2. The number of carbonyl (C=O) groups excluding carboxylic acids is 1. The van der Waals surface area contributed by atoms with Crippen LogP contribution in [0.1, 0.15) is 18.4 Å². The number of methoxy groups -OCH3 is 1. The van der Waals surface area contributed by atoms with Crippen LogP contribution in [0.15, 0.2) is 54.7 Å². The number of aromatic nitrogens is 3. The number of rotatable bonds is 6. The molecule has 1 N–H and O–H groups in total. The molecule has 9 heteroatoms. The summed E-state index contributed by atoms with van der Waals surface area (Å²) < 4.78 is 20.8. The van der Waals surface area contributed by atoms with E-state index in [4.69, 9.17) is 14.8 Å². The molecule has 1 fully saturated rings. The SMILES string of the molecule is COc1ccc(-c2cn3nc(N4CCC[C@@H](C(=O)NCc5ccccc5F)C4)sc3n2)cc1. The minimum Gasteiger partial charge on any atom is -0.497 e. The summed E-state index contributed by atoms with van der Waals surface area (Å²) in [5.41, 5.74) is 2.35. The Labute approximate surface area is 194 Å². The number of benzene rings is 2. The third-order valence-corrected chi connectivity index (χ3v) is 6.88. The van der Waals surface area contributed by atoms with E-state index in [0.717, 1.165) is 46.5 Å². The number of carbonyl (C=O) groups is 1. The molecule has 2 aromatic heterocycles. The Morgan fingerprint density at radius 1 is 1.24 bits per heavy atom. The van der Waals surface area contributed by atoms with Crippen LogP contribution in [-0.4, -0.2) is 40.7 Å². The molecule has 33 heavy (non-hydrogen) atoms. The molecule has 5 rings (SSSR count). The van der Waals surface area contributed by atoms with Crippen LogP contribution in [0.4, 0.5) is 9.52 Å². The number of piperidine rings is 1. The molecule has 7 nitrogen and oxygen atoms in total. The Hall–Kier alpha value is -3.46. The zero-order valence-corrected chi connectivity index (χ0v) is 19.0. The molecule has 3 heterocycles. The van der Waals surface area contributed by atoms with Crippen molar-refractivity contribution in [3.05, 3.63) is 66.1 Å². The predicted octanol–water partition coefficient (Wildman–Crippen LogP) is 4.14. The number of amides is 1. The second kappa shape index (κ2) is 9.19. The highest BCUT2D eigenvalue weighted by Gasteiger charge is 2.28. The van der Waals surface area contributed by atoms with Crippen molar-refractivity contribution in [2.75, 3.05) is 25.1 Å². The molecule has 170 valence electrons. The van der Waals surface area contributed by atoms with Crippen molar-refractivity contribution < 1.29 is 13.9 Å². The molecule has 1 aliphatic rings. The van der Waals surface area contributed by atoms with Gasteiger partial charge < -0.3 is 15.0 Å². The van der Waals surface area contributed by atoms with Gasteiger partial charge in [-0.2, -0.15) is 0 Å². The van der Waals surface area contributed by atoms with Crippen molar-refractivity contribution in [3.63, 3.8) is 0 Å². The van der Waals surface area contributed by atoms with Crippen molar-refractivity contribution in [1.29, 1.82) is 0 Å². The summed E-state index contributed by atoms with van der Waals surface area (Å²) in [5, 5.41) is 8.45. The number of nitrogens with zero attached hydrogens (tertiary/aromatic N) is 4. The number of nitrogens with one attached hydrogen (secondary N) is 1. The molecule has 0 bridgehead atoms. The second-order valence-electron chi connectivity index (χ2n) is 8.06. The van der Waals surface area contributed by atoms with Crippen LogP contribution in [0.3, 0.4) is 0 Å². The number of hydrogen-bond donors (Lipinski definition) is 1. The molecule has 1 aliphatic heterocycles. The number of fused-ring (bicyclic) bond motifs is 1. The number of imidazole rings is 1. The largest absolute Gasteiger partial charge is 0.497 e. The highest BCUT2D eigenvalue weighted by Crippen LogP contribution is 2.30. The van der Waals surface area contributed by atoms with Gasteiger partial charge in [0.2, 0.25) is 16.0 Å². The van der Waals surface area contributed by atoms with Gasteiger partial charge >= 0.3 is 0 Å². The lowest BCUT2D eigenvalue weighted by Crippen LogP contribution is -2.43. The van der Waals surface area contributed by atoms with Gasteiger partial charge in [0.15, 0.2) is 0 Å². The minimum atomic E-state index is -0.303. The van der Waals surface area contributed by atoms with E-state index in [2.05, 4.69) is 10.2 Å². The number of anilines is 1. The molecular weight excluding hydrogens is 441 g/mol. The van der Waals surface area contributed by atoms with Gasteiger partial charge in [-0.1, -0.05) is 29.5 Å². The normalized spacial score (nSPS) is 16.2. The third-order valence-electron chi connectivity index (χ3n) is 5.89. The predicted molar refractivity (Wildman–Crippen MR) is 126 cm³/mol. The first kappa shape index (κ1) is 21.4. The van der Waals surface area contributed by atoms with Crippen LogP contribution in [0.5, 0.6) is 5.75 Å². The molecule has 1 saturated heterocycles. The summed E-state index contributed by atoms with van der Waals surface area (Å²) in [5.74, 6) is 0.295. The average Bonchev–Trinajstić information content (AvgIpc) is 3.43. The Morgan fingerprint density at radius 3 is 2.82 bits per heavy atom. The average molecular weight is 466 g/mol. The minimum absolute atomic E-state index is 0.0499. The maximum absolute atomic E-state index is 13.8. The number of ether oxygens (including phenoxy) is 1. The molecule has 0 aliphatic carbocycles. The van der Waals surface area contributed by atoms with Crippen LogP contribution >= 0.6 is 11.3 Å². The van der Waals surface area contributed by atoms with Crippen LogP contribution < -0.4 is 15.0 Å². The summed E-state index contributed by atoms with van der Waals surface area (Å²) in [7, 11) is 1.64. The monoisotopic (exact) mass is 465 g/mol. The molecule has 2 aromatic carbocycles. The van der Waals surface area contributed by atoms with E-state index in [-0.39, 0.29) is 24.2 Å². The highest BCUT2D eigenvalue weighted by molar-refractivity contribution is 7.20. The van der Waals surface area contributed by atoms with E-state index in [1.54, 1.807) is 29.8 Å². The van der Waals surface area contributed by atoms with E-state index in [0.29, 0.717) is 12.1 Å². The molecule has 1 amide bonds. The van der Waals surface area contributed by atoms with Crippen LogP contribution in [0.2, 0.25) is 0 Å². The Bertz CT molecular complexity index is 1240. The first-order chi connectivity index (χ1) is 16.1. The summed E-state index contributed by atoms with van der Waals surface area (Å²) in [4.78, 5) is 20.4. The summed E-state index contributed by atoms with van der Waals surface area (Å²) in [6.45, 7) is 1.63. The summed E-state index contributed by atoms with van der Waals surface area (Å²) in [6.07, 6.45) is 3.63. The third kappa shape index (κ3) is 4.54. The lowest BCUT2D eigenvalue weighted by atomic mass is 9.97. The maximum Gasteiger partial charge on any atom is 0.225 e. The van der Waals surface area contributed by atoms with E-state index in [9.17, 15) is 9.18 Å². The molecular formula is C24H24FN5O2S. The van der Waals surface area contributed by atoms with Gasteiger partial charge in [-0.25, -0.2) is 13.9 Å². The van der Waals surface area contributed by atoms with Crippen molar-refractivity contribution in [2.45, 2.75) is 19.4 Å². The Morgan fingerprint density at radius 2 is 2.06 bits per heavy atom. The van der Waals surface area contributed by atoms with Crippen LogP contribution in [0, 0.1) is 11.7 Å². The van der Waals surface area contributed by atoms with Crippen molar-refractivity contribution in [2.24, 2.45) is 5.92 Å². The first-order valence-corrected chi connectivity index (χ1v) is 11.7. The molecule has 0 spiro atoms. The summed E-state index contributed by atoms with van der Waals surface area (Å²) in [6, 6.07) is 14.3. The van der Waals surface area contributed by atoms with Gasteiger partial charge in [-0.3, -0.25) is 4.79 Å². The van der Waals surface area contributed by atoms with Crippen LogP contribution in [-0.2, 0) is 11.3 Å². The van der Waals surface area contributed by atoms with Gasteiger partial charge in [-0.15, -0.1) is 5.10 Å². The fraction of sp³-hybridized carbons (Fsp3) is 0.292. The maximum atomic E-state index is 13.8. The van der Waals surface area contributed by atoms with Crippen molar-refractivity contribution in [3.8, 4) is 17.0 Å². The second-order valence-corrected chi connectivity index (χ2v) is 9.00. The standard InChI is InChI=1S/C24H24FN5O2S/c1-32-19-10-8-16(9-11-19)21-15-30-23(27-21)33-24(28-30)29-12-4-6-18(14-29)22(31)26-13-17-5-2-3-7-20(17)25/h2-3,5,7-11,15,18H,4,6,12-14H2,1H3,(H,26,31)/t18-/m1/s1. The van der Waals surface area contributed by atoms with Crippen molar-refractivity contribution in [1.82, 2.24) is 19.9 Å². The van der Waals surface area contributed by atoms with Gasteiger partial charge in [0.05, 0.1) is 24.9 Å². The fourth-order valence-electron chi connectivity index (χ4n) is 4.05. The molecule has 1 atom stereocenters. The molecule has 0 saturated carbocycles. The number of hydrogen-bond acceptors (Lipinski definition) is 6.